The van der Waals surface area contributed by atoms with Crippen LogP contribution in [0.15, 0.2) is 5.38 Å². The number of thioether (sulfide) groups is 1. The van der Waals surface area contributed by atoms with E-state index in [1.807, 2.05) is 17.1 Å². The van der Waals surface area contributed by atoms with Crippen molar-refractivity contribution in [1.29, 1.82) is 0 Å². The maximum atomic E-state index is 11.5. The molecule has 0 fully saturated rings. The summed E-state index contributed by atoms with van der Waals surface area (Å²) in [4.78, 5) is 15.5. The van der Waals surface area contributed by atoms with Crippen LogP contribution in [0.4, 0.5) is 5.13 Å². The van der Waals surface area contributed by atoms with Crippen LogP contribution >= 0.6 is 23.1 Å². The monoisotopic (exact) mass is 259 g/mol. The third-order valence-corrected chi connectivity index (χ3v) is 3.43. The summed E-state index contributed by atoms with van der Waals surface area (Å²) in [6.07, 6.45) is 4.60. The van der Waals surface area contributed by atoms with Crippen molar-refractivity contribution in [3.8, 4) is 0 Å². The quantitative estimate of drug-likeness (QED) is 0.729. The van der Waals surface area contributed by atoms with Crippen molar-refractivity contribution in [3.05, 3.63) is 11.1 Å². The number of hydrogen-bond donors (Lipinski definition) is 2. The van der Waals surface area contributed by atoms with E-state index in [1.165, 1.54) is 11.3 Å². The number of nitrogens with two attached hydrogens (primary N) is 1. The molecule has 0 bridgehead atoms. The molecule has 0 aliphatic carbocycles. The molecule has 0 spiro atoms. The second-order valence-electron chi connectivity index (χ2n) is 3.40. The number of anilines is 1. The fourth-order valence-electron chi connectivity index (χ4n) is 1.23. The van der Waals surface area contributed by atoms with E-state index in [0.717, 1.165) is 30.8 Å². The van der Waals surface area contributed by atoms with Crippen molar-refractivity contribution in [1.82, 2.24) is 10.3 Å². The number of amides is 1. The third-order valence-electron chi connectivity index (χ3n) is 2.01. The predicted molar refractivity (Wildman–Crippen MR) is 70.9 cm³/mol. The third kappa shape index (κ3) is 5.37. The van der Waals surface area contributed by atoms with Crippen LogP contribution in [0.1, 0.15) is 18.5 Å². The fourth-order valence-corrected chi connectivity index (χ4v) is 2.29. The maximum Gasteiger partial charge on any atom is 0.226 e. The average molecular weight is 259 g/mol. The highest BCUT2D eigenvalue weighted by Gasteiger charge is 2.05. The van der Waals surface area contributed by atoms with E-state index in [2.05, 4.69) is 16.6 Å². The van der Waals surface area contributed by atoms with Gasteiger partial charge in [0, 0.05) is 11.9 Å². The number of hydrogen-bond acceptors (Lipinski definition) is 5. The lowest BCUT2D eigenvalue weighted by atomic mass is 10.3. The van der Waals surface area contributed by atoms with Crippen LogP contribution in [0.5, 0.6) is 0 Å². The van der Waals surface area contributed by atoms with Crippen LogP contribution in [-0.4, -0.2) is 29.4 Å². The van der Waals surface area contributed by atoms with Crippen molar-refractivity contribution < 1.29 is 4.79 Å². The number of nitrogens with zero attached hydrogens (tertiary/aromatic N) is 1. The van der Waals surface area contributed by atoms with Gasteiger partial charge in [-0.05, 0) is 24.9 Å². The first-order valence-corrected chi connectivity index (χ1v) is 7.45. The van der Waals surface area contributed by atoms with Gasteiger partial charge in [0.1, 0.15) is 0 Å². The van der Waals surface area contributed by atoms with Gasteiger partial charge in [-0.1, -0.05) is 0 Å². The highest BCUT2D eigenvalue weighted by Crippen LogP contribution is 2.11. The van der Waals surface area contributed by atoms with Crippen LogP contribution in [0.25, 0.3) is 0 Å². The molecule has 0 saturated carbocycles. The van der Waals surface area contributed by atoms with Gasteiger partial charge in [0.25, 0.3) is 0 Å². The smallest absolute Gasteiger partial charge is 0.226 e. The first-order valence-electron chi connectivity index (χ1n) is 5.18. The van der Waals surface area contributed by atoms with Crippen LogP contribution in [-0.2, 0) is 11.2 Å². The molecule has 3 N–H and O–H groups in total. The molecule has 1 amide bonds. The average Bonchev–Trinajstić information content (AvgIpc) is 2.63. The van der Waals surface area contributed by atoms with E-state index < -0.39 is 0 Å². The Balaban J connectivity index is 2.11. The number of thiazole rings is 1. The second-order valence-corrected chi connectivity index (χ2v) is 5.28. The molecule has 1 aromatic heterocycles. The highest BCUT2D eigenvalue weighted by molar-refractivity contribution is 7.98. The van der Waals surface area contributed by atoms with Gasteiger partial charge in [-0.25, -0.2) is 4.98 Å². The molecule has 6 heteroatoms. The topological polar surface area (TPSA) is 68.0 Å². The zero-order chi connectivity index (χ0) is 11.8. The van der Waals surface area contributed by atoms with Crippen molar-refractivity contribution >= 4 is 34.1 Å². The van der Waals surface area contributed by atoms with E-state index in [-0.39, 0.29) is 5.91 Å². The van der Waals surface area contributed by atoms with Gasteiger partial charge in [0.05, 0.1) is 12.1 Å². The molecule has 0 aromatic carbocycles. The molecule has 1 heterocycles. The van der Waals surface area contributed by atoms with Crippen LogP contribution in [0, 0.1) is 0 Å². The summed E-state index contributed by atoms with van der Waals surface area (Å²) in [5.74, 6) is 1.17. The van der Waals surface area contributed by atoms with E-state index in [0.29, 0.717) is 11.6 Å². The lowest BCUT2D eigenvalue weighted by Gasteiger charge is -2.03. The van der Waals surface area contributed by atoms with Crippen molar-refractivity contribution in [2.75, 3.05) is 24.3 Å². The van der Waals surface area contributed by atoms with E-state index in [1.54, 1.807) is 0 Å². The van der Waals surface area contributed by atoms with Gasteiger partial charge in [-0.15, -0.1) is 11.3 Å². The number of carbonyl (C=O) groups is 1. The molecule has 16 heavy (non-hydrogen) atoms. The Bertz CT molecular complexity index is 328. The minimum atomic E-state index is 0.0226. The summed E-state index contributed by atoms with van der Waals surface area (Å²) < 4.78 is 0. The minimum absolute atomic E-state index is 0.0226. The number of nitrogen functional groups attached to an aromatic ring is 1. The SMILES string of the molecule is CSCCCCNC(=O)Cc1csc(N)n1. The minimum Gasteiger partial charge on any atom is -0.375 e. The fraction of sp³-hybridized carbons (Fsp3) is 0.600. The van der Waals surface area contributed by atoms with E-state index in [9.17, 15) is 4.79 Å². The Hall–Kier alpha value is -0.750. The Labute approximate surface area is 104 Å². The molecule has 0 aliphatic rings. The maximum absolute atomic E-state index is 11.5. The van der Waals surface area contributed by atoms with Crippen LogP contribution < -0.4 is 11.1 Å². The number of unbranched alkanes of at least 4 members (excludes halogenated alkanes) is 1. The lowest BCUT2D eigenvalue weighted by molar-refractivity contribution is -0.120. The van der Waals surface area contributed by atoms with Gasteiger partial charge < -0.3 is 11.1 Å². The predicted octanol–water partition coefficient (Wildman–Crippen LogP) is 1.53. The number of rotatable bonds is 7. The number of nitrogens with one attached hydrogen (secondary N) is 1. The van der Waals surface area contributed by atoms with Gasteiger partial charge in [-0.2, -0.15) is 11.8 Å². The van der Waals surface area contributed by atoms with Gasteiger partial charge in [0.15, 0.2) is 5.13 Å². The van der Waals surface area contributed by atoms with Crippen molar-refractivity contribution in [2.24, 2.45) is 0 Å². The summed E-state index contributed by atoms with van der Waals surface area (Å²) in [5, 5.41) is 5.21. The highest BCUT2D eigenvalue weighted by atomic mass is 32.2. The van der Waals surface area contributed by atoms with Crippen LogP contribution in [0.3, 0.4) is 0 Å². The van der Waals surface area contributed by atoms with Gasteiger partial charge in [0.2, 0.25) is 5.91 Å². The number of aromatic nitrogens is 1. The molecule has 0 radical (unpaired) electrons. The van der Waals surface area contributed by atoms with Gasteiger partial charge >= 0.3 is 0 Å². The van der Waals surface area contributed by atoms with E-state index >= 15 is 0 Å². The lowest BCUT2D eigenvalue weighted by Crippen LogP contribution is -2.26. The zero-order valence-corrected chi connectivity index (χ0v) is 11.0. The summed E-state index contributed by atoms with van der Waals surface area (Å²) >= 11 is 3.20. The summed E-state index contributed by atoms with van der Waals surface area (Å²) in [6, 6.07) is 0. The molecular formula is C10H17N3OS2. The molecule has 1 rings (SSSR count). The molecule has 1 aromatic rings. The Morgan fingerprint density at radius 2 is 2.44 bits per heavy atom. The molecule has 0 unspecified atom stereocenters. The largest absolute Gasteiger partial charge is 0.375 e. The van der Waals surface area contributed by atoms with Crippen LogP contribution in [0.2, 0.25) is 0 Å². The standard InChI is InChI=1S/C10H17N3OS2/c1-15-5-3-2-4-12-9(14)6-8-7-16-10(11)13-8/h7H,2-6H2,1H3,(H2,11,13)(H,12,14). The molecule has 0 saturated heterocycles. The zero-order valence-electron chi connectivity index (χ0n) is 9.36. The molecule has 90 valence electrons. The van der Waals surface area contributed by atoms with E-state index in [4.69, 9.17) is 5.73 Å². The molecule has 0 aliphatic heterocycles. The van der Waals surface area contributed by atoms with Gasteiger partial charge in [-0.3, -0.25) is 4.79 Å². The Kier molecular flexibility index (Phi) is 6.25. The molecule has 4 nitrogen and oxygen atoms in total. The molecule has 0 atom stereocenters. The van der Waals surface area contributed by atoms with Crippen molar-refractivity contribution in [3.63, 3.8) is 0 Å². The molecular weight excluding hydrogens is 242 g/mol. The number of carbonyl (C=O) groups excluding carboxylic acids is 1. The second kappa shape index (κ2) is 7.51. The first kappa shape index (κ1) is 13.3. The summed E-state index contributed by atoms with van der Waals surface area (Å²) in [6.45, 7) is 0.749. The summed E-state index contributed by atoms with van der Waals surface area (Å²) in [7, 11) is 0. The normalized spacial score (nSPS) is 10.3. The van der Waals surface area contributed by atoms with Crippen molar-refractivity contribution in [2.45, 2.75) is 19.3 Å². The first-order chi connectivity index (χ1) is 7.72. The summed E-state index contributed by atoms with van der Waals surface area (Å²) in [5.41, 5.74) is 6.24. The Morgan fingerprint density at radius 3 is 3.06 bits per heavy atom. The Morgan fingerprint density at radius 1 is 1.62 bits per heavy atom.